The summed E-state index contributed by atoms with van der Waals surface area (Å²) < 4.78 is 10.7. The maximum absolute atomic E-state index is 11.3. The van der Waals surface area contributed by atoms with Crippen molar-refractivity contribution in [2.75, 3.05) is 12.1 Å². The van der Waals surface area contributed by atoms with Gasteiger partial charge in [-0.3, -0.25) is 4.79 Å². The molecule has 142 valence electrons. The first-order valence-electron chi connectivity index (χ1n) is 9.02. The van der Waals surface area contributed by atoms with Crippen molar-refractivity contribution < 1.29 is 14.3 Å². The summed E-state index contributed by atoms with van der Waals surface area (Å²) in [6.07, 6.45) is 0. The van der Waals surface area contributed by atoms with Crippen molar-refractivity contribution >= 4 is 17.3 Å². The molecule has 0 unspecified atom stereocenters. The SMILES string of the molecule is NC(=O)c1cccc(Nc2cccc(CNCc3ccc4c(c3)OCO4)c2)c1. The van der Waals surface area contributed by atoms with Gasteiger partial charge in [-0.2, -0.15) is 0 Å². The van der Waals surface area contributed by atoms with Crippen LogP contribution < -0.4 is 25.8 Å². The van der Waals surface area contributed by atoms with Crippen molar-refractivity contribution in [3.05, 3.63) is 83.4 Å². The third-order valence-corrected chi connectivity index (χ3v) is 4.46. The number of amides is 1. The van der Waals surface area contributed by atoms with E-state index in [9.17, 15) is 4.79 Å². The highest BCUT2D eigenvalue weighted by Crippen LogP contribution is 2.32. The van der Waals surface area contributed by atoms with Gasteiger partial charge >= 0.3 is 0 Å². The molecule has 0 saturated carbocycles. The molecule has 3 aromatic carbocycles. The minimum atomic E-state index is -0.440. The smallest absolute Gasteiger partial charge is 0.248 e. The van der Waals surface area contributed by atoms with E-state index < -0.39 is 5.91 Å². The van der Waals surface area contributed by atoms with E-state index in [1.807, 2.05) is 36.4 Å². The van der Waals surface area contributed by atoms with Gasteiger partial charge in [0, 0.05) is 30.0 Å². The summed E-state index contributed by atoms with van der Waals surface area (Å²) in [5, 5.41) is 6.75. The molecule has 0 bridgehead atoms. The molecule has 4 N–H and O–H groups in total. The normalized spacial score (nSPS) is 12.0. The molecule has 0 radical (unpaired) electrons. The number of nitrogens with one attached hydrogen (secondary N) is 2. The molecule has 6 heteroatoms. The van der Waals surface area contributed by atoms with Crippen LogP contribution in [0.15, 0.2) is 66.7 Å². The lowest BCUT2D eigenvalue weighted by Gasteiger charge is -2.10. The molecule has 0 aliphatic carbocycles. The molecule has 0 fully saturated rings. The lowest BCUT2D eigenvalue weighted by Crippen LogP contribution is -2.12. The quantitative estimate of drug-likeness (QED) is 0.588. The second-order valence-electron chi connectivity index (χ2n) is 6.56. The highest BCUT2D eigenvalue weighted by atomic mass is 16.7. The molecule has 1 aliphatic heterocycles. The third-order valence-electron chi connectivity index (χ3n) is 4.46. The van der Waals surface area contributed by atoms with Crippen molar-refractivity contribution in [1.82, 2.24) is 5.32 Å². The first-order valence-corrected chi connectivity index (χ1v) is 9.02. The zero-order valence-electron chi connectivity index (χ0n) is 15.3. The molecule has 0 spiro atoms. The minimum Gasteiger partial charge on any atom is -0.454 e. The van der Waals surface area contributed by atoms with E-state index in [2.05, 4.69) is 22.8 Å². The number of hydrogen-bond acceptors (Lipinski definition) is 5. The van der Waals surface area contributed by atoms with Gasteiger partial charge in [-0.25, -0.2) is 0 Å². The van der Waals surface area contributed by atoms with Gasteiger partial charge in [0.2, 0.25) is 12.7 Å². The van der Waals surface area contributed by atoms with Crippen LogP contribution in [-0.4, -0.2) is 12.7 Å². The lowest BCUT2D eigenvalue weighted by molar-refractivity contribution is 0.100. The minimum absolute atomic E-state index is 0.286. The Labute approximate surface area is 163 Å². The zero-order chi connectivity index (χ0) is 19.3. The average molecular weight is 375 g/mol. The van der Waals surface area contributed by atoms with Gasteiger partial charge in [0.25, 0.3) is 0 Å². The number of anilines is 2. The van der Waals surface area contributed by atoms with Gasteiger partial charge in [-0.05, 0) is 53.6 Å². The number of carbonyl (C=O) groups excluding carboxylic acids is 1. The lowest BCUT2D eigenvalue weighted by atomic mass is 10.1. The van der Waals surface area contributed by atoms with E-state index in [1.165, 1.54) is 0 Å². The molecule has 3 aromatic rings. The van der Waals surface area contributed by atoms with Crippen LogP contribution in [0.1, 0.15) is 21.5 Å². The Balaban J connectivity index is 1.36. The molecule has 0 aromatic heterocycles. The predicted molar refractivity (Wildman–Crippen MR) is 108 cm³/mol. The van der Waals surface area contributed by atoms with Crippen LogP contribution >= 0.6 is 0 Å². The highest BCUT2D eigenvalue weighted by Gasteiger charge is 2.12. The van der Waals surface area contributed by atoms with Gasteiger partial charge in [-0.1, -0.05) is 24.3 Å². The zero-order valence-corrected chi connectivity index (χ0v) is 15.3. The van der Waals surface area contributed by atoms with E-state index in [0.717, 1.165) is 47.1 Å². The fourth-order valence-electron chi connectivity index (χ4n) is 3.08. The van der Waals surface area contributed by atoms with Gasteiger partial charge in [0.05, 0.1) is 0 Å². The van der Waals surface area contributed by atoms with Crippen molar-refractivity contribution in [3.8, 4) is 11.5 Å². The number of hydrogen-bond donors (Lipinski definition) is 3. The third kappa shape index (κ3) is 4.24. The van der Waals surface area contributed by atoms with E-state index in [4.69, 9.17) is 15.2 Å². The summed E-state index contributed by atoms with van der Waals surface area (Å²) in [4.78, 5) is 11.3. The van der Waals surface area contributed by atoms with Crippen LogP contribution in [0.25, 0.3) is 0 Å². The number of ether oxygens (including phenoxy) is 2. The number of primary amides is 1. The number of rotatable bonds is 7. The standard InChI is InChI=1S/C22H21N3O3/c23-22(26)17-4-2-6-19(11-17)25-18-5-1-3-15(9-18)12-24-13-16-7-8-20-21(10-16)28-14-27-20/h1-11,24-25H,12-14H2,(H2,23,26). The summed E-state index contributed by atoms with van der Waals surface area (Å²) in [5.74, 6) is 1.15. The summed E-state index contributed by atoms with van der Waals surface area (Å²) in [6, 6.07) is 21.2. The second-order valence-corrected chi connectivity index (χ2v) is 6.56. The van der Waals surface area contributed by atoms with E-state index in [-0.39, 0.29) is 6.79 Å². The van der Waals surface area contributed by atoms with Crippen molar-refractivity contribution in [3.63, 3.8) is 0 Å². The largest absolute Gasteiger partial charge is 0.454 e. The van der Waals surface area contributed by atoms with Gasteiger partial charge < -0.3 is 25.8 Å². The maximum Gasteiger partial charge on any atom is 0.248 e. The van der Waals surface area contributed by atoms with Crippen LogP contribution in [0.4, 0.5) is 11.4 Å². The monoisotopic (exact) mass is 375 g/mol. The van der Waals surface area contributed by atoms with Gasteiger partial charge in [-0.15, -0.1) is 0 Å². The van der Waals surface area contributed by atoms with E-state index in [1.54, 1.807) is 18.2 Å². The number of benzene rings is 3. The number of carbonyl (C=O) groups is 1. The predicted octanol–water partition coefficient (Wildman–Crippen LogP) is 3.55. The molecular formula is C22H21N3O3. The van der Waals surface area contributed by atoms with E-state index in [0.29, 0.717) is 5.56 Å². The van der Waals surface area contributed by atoms with Crippen molar-refractivity contribution in [2.45, 2.75) is 13.1 Å². The molecule has 0 atom stereocenters. The molecule has 28 heavy (non-hydrogen) atoms. The van der Waals surface area contributed by atoms with Crippen LogP contribution in [0.5, 0.6) is 11.5 Å². The fourth-order valence-corrected chi connectivity index (χ4v) is 3.08. The number of nitrogens with two attached hydrogens (primary N) is 1. The highest BCUT2D eigenvalue weighted by molar-refractivity contribution is 5.93. The molecule has 0 saturated heterocycles. The Morgan fingerprint density at radius 1 is 0.857 bits per heavy atom. The average Bonchev–Trinajstić information content (AvgIpc) is 3.16. The Morgan fingerprint density at radius 2 is 1.57 bits per heavy atom. The fraction of sp³-hybridized carbons (Fsp3) is 0.136. The summed E-state index contributed by atoms with van der Waals surface area (Å²) in [5.41, 5.74) is 9.88. The van der Waals surface area contributed by atoms with Crippen LogP contribution in [0.2, 0.25) is 0 Å². The Hall–Kier alpha value is -3.51. The Bertz CT molecular complexity index is 1000. The van der Waals surface area contributed by atoms with E-state index >= 15 is 0 Å². The van der Waals surface area contributed by atoms with Crippen molar-refractivity contribution in [2.24, 2.45) is 5.73 Å². The first-order chi connectivity index (χ1) is 13.7. The molecular weight excluding hydrogens is 354 g/mol. The maximum atomic E-state index is 11.3. The van der Waals surface area contributed by atoms with Gasteiger partial charge in [0.1, 0.15) is 0 Å². The second kappa shape index (κ2) is 8.02. The Kier molecular flexibility index (Phi) is 5.12. The number of fused-ring (bicyclic) bond motifs is 1. The molecule has 1 aliphatic rings. The molecule has 4 rings (SSSR count). The van der Waals surface area contributed by atoms with Crippen LogP contribution in [-0.2, 0) is 13.1 Å². The topological polar surface area (TPSA) is 85.6 Å². The summed E-state index contributed by atoms with van der Waals surface area (Å²) in [6.45, 7) is 1.74. The first kappa shape index (κ1) is 17.9. The molecule has 1 amide bonds. The van der Waals surface area contributed by atoms with Gasteiger partial charge in [0.15, 0.2) is 11.5 Å². The molecule has 6 nitrogen and oxygen atoms in total. The van der Waals surface area contributed by atoms with Crippen LogP contribution in [0.3, 0.4) is 0 Å². The van der Waals surface area contributed by atoms with Crippen molar-refractivity contribution in [1.29, 1.82) is 0 Å². The Morgan fingerprint density at radius 3 is 2.39 bits per heavy atom. The van der Waals surface area contributed by atoms with Crippen LogP contribution in [0, 0.1) is 0 Å². The summed E-state index contributed by atoms with van der Waals surface area (Å²) in [7, 11) is 0. The molecule has 1 heterocycles. The summed E-state index contributed by atoms with van der Waals surface area (Å²) >= 11 is 0.